The lowest BCUT2D eigenvalue weighted by molar-refractivity contribution is 0.185. The summed E-state index contributed by atoms with van der Waals surface area (Å²) in [6, 6.07) is 10.2. The van der Waals surface area contributed by atoms with E-state index in [0.717, 1.165) is 11.1 Å². The van der Waals surface area contributed by atoms with E-state index in [1.165, 1.54) is 0 Å². The highest BCUT2D eigenvalue weighted by Gasteiger charge is 2.19. The molecular formula is C12H15NO. The topological polar surface area (TPSA) is 33.0 Å². The van der Waals surface area contributed by atoms with Gasteiger partial charge in [-0.25, -0.2) is 0 Å². The Balaban J connectivity index is 3.01. The van der Waals surface area contributed by atoms with Gasteiger partial charge in [0.2, 0.25) is 0 Å². The van der Waals surface area contributed by atoms with E-state index in [-0.39, 0.29) is 0 Å². The third-order valence-electron chi connectivity index (χ3n) is 2.24. The Hall–Kier alpha value is -1.33. The molecule has 0 aliphatic rings. The lowest BCUT2D eigenvalue weighted by atomic mass is 9.86. The standard InChI is InChI=1S/C12H15NO/c1-12(2,9-13)11-6-4-5-10(7-11)8-14-3/h4-7H,8H2,1-3H3. The molecule has 0 heterocycles. The summed E-state index contributed by atoms with van der Waals surface area (Å²) < 4.78 is 5.05. The fourth-order valence-electron chi connectivity index (χ4n) is 1.28. The minimum atomic E-state index is -0.427. The number of nitriles is 1. The molecular weight excluding hydrogens is 174 g/mol. The van der Waals surface area contributed by atoms with Gasteiger partial charge in [0.05, 0.1) is 18.1 Å². The largest absolute Gasteiger partial charge is 0.380 e. The predicted molar refractivity (Wildman–Crippen MR) is 55.8 cm³/mol. The maximum Gasteiger partial charge on any atom is 0.0766 e. The first-order chi connectivity index (χ1) is 6.60. The summed E-state index contributed by atoms with van der Waals surface area (Å²) in [5.41, 5.74) is 1.71. The summed E-state index contributed by atoms with van der Waals surface area (Å²) in [5, 5.41) is 8.99. The van der Waals surface area contributed by atoms with Crippen molar-refractivity contribution in [3.63, 3.8) is 0 Å². The minimum absolute atomic E-state index is 0.427. The third-order valence-corrected chi connectivity index (χ3v) is 2.24. The molecule has 0 atom stereocenters. The molecule has 0 saturated carbocycles. The van der Waals surface area contributed by atoms with Crippen LogP contribution in [0.25, 0.3) is 0 Å². The molecule has 0 saturated heterocycles. The second-order valence-corrected chi connectivity index (χ2v) is 3.87. The fourth-order valence-corrected chi connectivity index (χ4v) is 1.28. The first kappa shape index (κ1) is 10.7. The van der Waals surface area contributed by atoms with E-state index >= 15 is 0 Å². The minimum Gasteiger partial charge on any atom is -0.380 e. The average molecular weight is 189 g/mol. The fraction of sp³-hybridized carbons (Fsp3) is 0.417. The maximum atomic E-state index is 8.99. The van der Waals surface area contributed by atoms with Crippen LogP contribution in [0.1, 0.15) is 25.0 Å². The molecule has 2 nitrogen and oxygen atoms in total. The van der Waals surface area contributed by atoms with Crippen molar-refractivity contribution in [3.8, 4) is 6.07 Å². The van der Waals surface area contributed by atoms with Gasteiger partial charge in [0.15, 0.2) is 0 Å². The molecule has 0 radical (unpaired) electrons. The van der Waals surface area contributed by atoms with Crippen molar-refractivity contribution in [2.75, 3.05) is 7.11 Å². The lowest BCUT2D eigenvalue weighted by Gasteiger charge is -2.16. The van der Waals surface area contributed by atoms with Crippen molar-refractivity contribution in [1.82, 2.24) is 0 Å². The van der Waals surface area contributed by atoms with Gasteiger partial charge in [-0.3, -0.25) is 0 Å². The molecule has 0 fully saturated rings. The van der Waals surface area contributed by atoms with Crippen molar-refractivity contribution in [1.29, 1.82) is 5.26 Å². The van der Waals surface area contributed by atoms with Crippen molar-refractivity contribution in [3.05, 3.63) is 35.4 Å². The number of hydrogen-bond donors (Lipinski definition) is 0. The number of methoxy groups -OCH3 is 1. The molecule has 0 amide bonds. The first-order valence-corrected chi connectivity index (χ1v) is 4.60. The van der Waals surface area contributed by atoms with Gasteiger partial charge in [0.1, 0.15) is 0 Å². The second-order valence-electron chi connectivity index (χ2n) is 3.87. The number of nitrogens with zero attached hydrogens (tertiary/aromatic N) is 1. The number of hydrogen-bond acceptors (Lipinski definition) is 2. The average Bonchev–Trinajstić information content (AvgIpc) is 2.19. The summed E-state index contributed by atoms with van der Waals surface area (Å²) in [6.07, 6.45) is 0. The van der Waals surface area contributed by atoms with Crippen LogP contribution >= 0.6 is 0 Å². The molecule has 0 aromatic heterocycles. The van der Waals surface area contributed by atoms with Crippen LogP contribution in [0, 0.1) is 11.3 Å². The molecule has 14 heavy (non-hydrogen) atoms. The molecule has 0 aliphatic heterocycles. The number of rotatable bonds is 3. The van der Waals surface area contributed by atoms with Gasteiger partial charge in [0.25, 0.3) is 0 Å². The Bertz CT molecular complexity index is 350. The van der Waals surface area contributed by atoms with E-state index in [1.54, 1.807) is 7.11 Å². The monoisotopic (exact) mass is 189 g/mol. The molecule has 0 aliphatic carbocycles. The van der Waals surface area contributed by atoms with Crippen LogP contribution in [-0.2, 0) is 16.8 Å². The van der Waals surface area contributed by atoms with Gasteiger partial charge in [-0.1, -0.05) is 24.3 Å². The summed E-state index contributed by atoms with van der Waals surface area (Å²) in [6.45, 7) is 4.42. The Morgan fingerprint density at radius 2 is 2.14 bits per heavy atom. The third kappa shape index (κ3) is 2.34. The number of ether oxygens (including phenoxy) is 1. The summed E-state index contributed by atoms with van der Waals surface area (Å²) in [5.74, 6) is 0. The van der Waals surface area contributed by atoms with Crippen LogP contribution in [0.2, 0.25) is 0 Å². The van der Waals surface area contributed by atoms with Gasteiger partial charge < -0.3 is 4.74 Å². The Morgan fingerprint density at radius 1 is 1.43 bits per heavy atom. The SMILES string of the molecule is COCc1cccc(C(C)(C)C#N)c1. The highest BCUT2D eigenvalue weighted by molar-refractivity contribution is 5.33. The molecule has 74 valence electrons. The molecule has 0 spiro atoms. The highest BCUT2D eigenvalue weighted by atomic mass is 16.5. The molecule has 1 aromatic carbocycles. The van der Waals surface area contributed by atoms with Gasteiger partial charge in [-0.2, -0.15) is 5.26 Å². The van der Waals surface area contributed by atoms with Crippen LogP contribution in [-0.4, -0.2) is 7.11 Å². The van der Waals surface area contributed by atoms with Gasteiger partial charge in [-0.05, 0) is 25.0 Å². The van der Waals surface area contributed by atoms with Crippen molar-refractivity contribution in [2.45, 2.75) is 25.9 Å². The molecule has 0 unspecified atom stereocenters. The first-order valence-electron chi connectivity index (χ1n) is 4.60. The summed E-state index contributed by atoms with van der Waals surface area (Å²) in [7, 11) is 1.67. The lowest BCUT2D eigenvalue weighted by Crippen LogP contribution is -2.13. The summed E-state index contributed by atoms with van der Waals surface area (Å²) >= 11 is 0. The maximum absolute atomic E-state index is 8.99. The van der Waals surface area contributed by atoms with Crippen LogP contribution in [0.4, 0.5) is 0 Å². The van der Waals surface area contributed by atoms with E-state index in [4.69, 9.17) is 10.00 Å². The van der Waals surface area contributed by atoms with Gasteiger partial charge in [0, 0.05) is 7.11 Å². The zero-order valence-electron chi connectivity index (χ0n) is 8.87. The zero-order chi connectivity index (χ0) is 10.6. The van der Waals surface area contributed by atoms with Crippen molar-refractivity contribution >= 4 is 0 Å². The molecule has 2 heteroatoms. The Labute approximate surface area is 85.1 Å². The van der Waals surface area contributed by atoms with E-state index in [9.17, 15) is 0 Å². The zero-order valence-corrected chi connectivity index (χ0v) is 8.87. The van der Waals surface area contributed by atoms with Crippen molar-refractivity contribution in [2.24, 2.45) is 0 Å². The van der Waals surface area contributed by atoms with Crippen molar-refractivity contribution < 1.29 is 4.74 Å². The Morgan fingerprint density at radius 3 is 2.71 bits per heavy atom. The smallest absolute Gasteiger partial charge is 0.0766 e. The normalized spacial score (nSPS) is 11.0. The molecule has 0 N–H and O–H groups in total. The highest BCUT2D eigenvalue weighted by Crippen LogP contribution is 2.22. The van der Waals surface area contributed by atoms with Crippen LogP contribution in [0.15, 0.2) is 24.3 Å². The second kappa shape index (κ2) is 4.26. The summed E-state index contributed by atoms with van der Waals surface area (Å²) in [4.78, 5) is 0. The molecule has 0 bridgehead atoms. The van der Waals surface area contributed by atoms with Gasteiger partial charge >= 0.3 is 0 Å². The van der Waals surface area contributed by atoms with E-state index in [2.05, 4.69) is 6.07 Å². The molecule has 1 aromatic rings. The Kier molecular flexibility index (Phi) is 3.27. The number of benzene rings is 1. The van der Waals surface area contributed by atoms with E-state index in [1.807, 2.05) is 38.1 Å². The van der Waals surface area contributed by atoms with E-state index < -0.39 is 5.41 Å². The van der Waals surface area contributed by atoms with Crippen LogP contribution in [0.3, 0.4) is 0 Å². The van der Waals surface area contributed by atoms with E-state index in [0.29, 0.717) is 6.61 Å². The predicted octanol–water partition coefficient (Wildman–Crippen LogP) is 2.63. The van der Waals surface area contributed by atoms with Crippen LogP contribution < -0.4 is 0 Å². The molecule has 1 rings (SSSR count). The quantitative estimate of drug-likeness (QED) is 0.732. The van der Waals surface area contributed by atoms with Crippen LogP contribution in [0.5, 0.6) is 0 Å². The van der Waals surface area contributed by atoms with Gasteiger partial charge in [-0.15, -0.1) is 0 Å².